The largest absolute Gasteiger partial charge is 0.463 e. The van der Waals surface area contributed by atoms with E-state index in [1.54, 1.807) is 0 Å². The third-order valence-corrected chi connectivity index (χ3v) is 4.17. The summed E-state index contributed by atoms with van der Waals surface area (Å²) in [4.78, 5) is 57.3. The van der Waals surface area contributed by atoms with Crippen molar-refractivity contribution in [1.82, 2.24) is 0 Å². The molecule has 0 bridgehead atoms. The summed E-state index contributed by atoms with van der Waals surface area (Å²) in [5.41, 5.74) is -1.07. The van der Waals surface area contributed by atoms with Crippen LogP contribution < -0.4 is 0 Å². The van der Waals surface area contributed by atoms with Crippen molar-refractivity contribution in [3.05, 3.63) is 0 Å². The fourth-order valence-corrected chi connectivity index (χ4v) is 3.32. The standard InChI is InChI=1S/C16H22O10S/c1-7(17)22-6-12-13(23-8(2)18)14(24-9(3)19)15(25-10(4)20)16(26-12)27-11(5)21/h12-16H,6H2,1-5H3/t12-,13-,14-,15+,16-/m0/s1. The lowest BCUT2D eigenvalue weighted by molar-refractivity contribution is -0.237. The highest BCUT2D eigenvalue weighted by molar-refractivity contribution is 8.14. The van der Waals surface area contributed by atoms with Crippen LogP contribution in [0.1, 0.15) is 34.6 Å². The molecule has 1 aliphatic heterocycles. The van der Waals surface area contributed by atoms with E-state index in [9.17, 15) is 24.0 Å². The number of hydrogen-bond donors (Lipinski definition) is 0. The average Bonchev–Trinajstić information content (AvgIpc) is 2.49. The van der Waals surface area contributed by atoms with Gasteiger partial charge in [0.15, 0.2) is 28.9 Å². The highest BCUT2D eigenvalue weighted by Crippen LogP contribution is 2.34. The van der Waals surface area contributed by atoms with Crippen LogP contribution in [-0.2, 0) is 47.7 Å². The fourth-order valence-electron chi connectivity index (χ4n) is 2.45. The maximum Gasteiger partial charge on any atom is 0.303 e. The van der Waals surface area contributed by atoms with Gasteiger partial charge >= 0.3 is 23.9 Å². The molecular weight excluding hydrogens is 384 g/mol. The number of carbonyl (C=O) groups is 5. The fraction of sp³-hybridized carbons (Fsp3) is 0.688. The summed E-state index contributed by atoms with van der Waals surface area (Å²) in [6.07, 6.45) is -4.76. The summed E-state index contributed by atoms with van der Waals surface area (Å²) in [6.45, 7) is 5.51. The molecule has 1 fully saturated rings. The van der Waals surface area contributed by atoms with Crippen molar-refractivity contribution < 1.29 is 47.7 Å². The Morgan fingerprint density at radius 1 is 0.741 bits per heavy atom. The highest BCUT2D eigenvalue weighted by Gasteiger charge is 2.52. The normalized spacial score (nSPS) is 27.2. The summed E-state index contributed by atoms with van der Waals surface area (Å²) >= 11 is 0.705. The minimum absolute atomic E-state index is 0.327. The summed E-state index contributed by atoms with van der Waals surface area (Å²) in [5, 5.41) is -0.351. The van der Waals surface area contributed by atoms with Gasteiger partial charge in [-0.3, -0.25) is 24.0 Å². The zero-order chi connectivity index (χ0) is 20.7. The van der Waals surface area contributed by atoms with Crippen LogP contribution in [0.15, 0.2) is 0 Å². The molecule has 5 atom stereocenters. The van der Waals surface area contributed by atoms with Crippen LogP contribution >= 0.6 is 11.8 Å². The third-order valence-electron chi connectivity index (χ3n) is 3.23. The Balaban J connectivity index is 3.29. The van der Waals surface area contributed by atoms with Gasteiger partial charge in [0.05, 0.1) is 0 Å². The molecule has 1 rings (SSSR count). The lowest BCUT2D eigenvalue weighted by Gasteiger charge is -2.43. The van der Waals surface area contributed by atoms with E-state index in [0.29, 0.717) is 11.8 Å². The van der Waals surface area contributed by atoms with Gasteiger partial charge in [-0.15, -0.1) is 0 Å². The van der Waals surface area contributed by atoms with E-state index < -0.39 is 53.7 Å². The van der Waals surface area contributed by atoms with E-state index in [-0.39, 0.29) is 11.7 Å². The second kappa shape index (κ2) is 10.3. The molecule has 0 aromatic rings. The van der Waals surface area contributed by atoms with Crippen LogP contribution in [-0.4, -0.2) is 65.5 Å². The average molecular weight is 406 g/mol. The second-order valence-corrected chi connectivity index (χ2v) is 6.95. The summed E-state index contributed by atoms with van der Waals surface area (Å²) < 4.78 is 26.2. The zero-order valence-corrected chi connectivity index (χ0v) is 16.4. The molecule has 0 amide bonds. The predicted octanol–water partition coefficient (Wildman–Crippen LogP) is 0.349. The van der Waals surface area contributed by atoms with Crippen molar-refractivity contribution in [2.45, 2.75) is 64.5 Å². The first-order valence-corrected chi connectivity index (χ1v) is 8.87. The molecule has 0 N–H and O–H groups in total. The lowest BCUT2D eigenvalue weighted by Crippen LogP contribution is -2.61. The Morgan fingerprint density at radius 2 is 1.22 bits per heavy atom. The Labute approximate surface area is 160 Å². The molecule has 27 heavy (non-hydrogen) atoms. The number of esters is 4. The SMILES string of the molecule is CC(=O)OC[C@@H]1O[C@@H](SC(C)=O)[C@H](OC(C)=O)[C@@H](OC(C)=O)[C@H]1OC(C)=O. The first-order valence-electron chi connectivity index (χ1n) is 7.99. The molecule has 1 saturated heterocycles. The summed E-state index contributed by atoms with van der Waals surface area (Å²) in [7, 11) is 0. The minimum atomic E-state index is -1.26. The molecule has 0 unspecified atom stereocenters. The first-order chi connectivity index (χ1) is 12.5. The zero-order valence-electron chi connectivity index (χ0n) is 15.6. The van der Waals surface area contributed by atoms with E-state index in [2.05, 4.69) is 0 Å². The van der Waals surface area contributed by atoms with Gasteiger partial charge < -0.3 is 23.7 Å². The van der Waals surface area contributed by atoms with Crippen LogP contribution in [0.3, 0.4) is 0 Å². The monoisotopic (exact) mass is 406 g/mol. The van der Waals surface area contributed by atoms with Gasteiger partial charge in [-0.25, -0.2) is 0 Å². The number of rotatable bonds is 6. The number of thioether (sulfide) groups is 1. The maximum absolute atomic E-state index is 11.6. The molecule has 152 valence electrons. The minimum Gasteiger partial charge on any atom is -0.463 e. The number of hydrogen-bond acceptors (Lipinski definition) is 11. The van der Waals surface area contributed by atoms with Gasteiger partial charge in [-0.05, 0) is 0 Å². The van der Waals surface area contributed by atoms with E-state index in [4.69, 9.17) is 23.7 Å². The van der Waals surface area contributed by atoms with Gasteiger partial charge in [0.2, 0.25) is 0 Å². The first kappa shape index (κ1) is 22.9. The van der Waals surface area contributed by atoms with E-state index >= 15 is 0 Å². The second-order valence-electron chi connectivity index (χ2n) is 5.68. The lowest BCUT2D eigenvalue weighted by atomic mass is 9.99. The van der Waals surface area contributed by atoms with Gasteiger partial charge in [0, 0.05) is 34.6 Å². The summed E-state index contributed by atoms with van der Waals surface area (Å²) in [6, 6.07) is 0. The quantitative estimate of drug-likeness (QED) is 0.447. The molecule has 1 aliphatic rings. The van der Waals surface area contributed by atoms with Crippen molar-refractivity contribution in [3.8, 4) is 0 Å². The van der Waals surface area contributed by atoms with Crippen LogP contribution in [0, 0.1) is 0 Å². The van der Waals surface area contributed by atoms with Crippen LogP contribution in [0.2, 0.25) is 0 Å². The van der Waals surface area contributed by atoms with Crippen LogP contribution in [0.4, 0.5) is 0 Å². The molecule has 1 heterocycles. The van der Waals surface area contributed by atoms with E-state index in [1.165, 1.54) is 13.8 Å². The number of carbonyl (C=O) groups excluding carboxylic acids is 5. The Hall–Kier alpha value is -2.14. The molecule has 10 nitrogen and oxygen atoms in total. The molecular formula is C16H22O10S. The predicted molar refractivity (Wildman–Crippen MR) is 90.2 cm³/mol. The Morgan fingerprint density at radius 3 is 1.67 bits per heavy atom. The van der Waals surface area contributed by atoms with E-state index in [0.717, 1.165) is 20.8 Å². The topological polar surface area (TPSA) is 132 Å². The number of ether oxygens (including phenoxy) is 5. The Bertz CT molecular complexity index is 604. The van der Waals surface area contributed by atoms with Gasteiger partial charge in [0.1, 0.15) is 12.7 Å². The summed E-state index contributed by atoms with van der Waals surface area (Å²) in [5.74, 6) is -2.76. The van der Waals surface area contributed by atoms with Crippen molar-refractivity contribution >= 4 is 40.8 Å². The van der Waals surface area contributed by atoms with Crippen molar-refractivity contribution in [3.63, 3.8) is 0 Å². The van der Waals surface area contributed by atoms with Crippen molar-refractivity contribution in [2.24, 2.45) is 0 Å². The smallest absolute Gasteiger partial charge is 0.303 e. The molecule has 0 spiro atoms. The van der Waals surface area contributed by atoms with Crippen LogP contribution in [0.25, 0.3) is 0 Å². The third kappa shape index (κ3) is 7.55. The Kier molecular flexibility index (Phi) is 8.70. The van der Waals surface area contributed by atoms with Gasteiger partial charge in [-0.2, -0.15) is 0 Å². The molecule has 0 saturated carbocycles. The molecule has 0 aliphatic carbocycles. The molecule has 0 radical (unpaired) electrons. The molecule has 0 aromatic heterocycles. The molecule has 0 aromatic carbocycles. The van der Waals surface area contributed by atoms with Crippen molar-refractivity contribution in [2.75, 3.05) is 6.61 Å². The van der Waals surface area contributed by atoms with E-state index in [1.807, 2.05) is 0 Å². The van der Waals surface area contributed by atoms with Crippen molar-refractivity contribution in [1.29, 1.82) is 0 Å². The molecule has 11 heteroatoms. The highest BCUT2D eigenvalue weighted by atomic mass is 32.2. The van der Waals surface area contributed by atoms with Gasteiger partial charge in [0.25, 0.3) is 0 Å². The van der Waals surface area contributed by atoms with Gasteiger partial charge in [-0.1, -0.05) is 11.8 Å². The van der Waals surface area contributed by atoms with Crippen LogP contribution in [0.5, 0.6) is 0 Å². The maximum atomic E-state index is 11.6.